The molecule has 0 atom stereocenters. The minimum Gasteiger partial charge on any atom is -0.367 e. The Bertz CT molecular complexity index is 1440. The van der Waals surface area contributed by atoms with Gasteiger partial charge in [0.15, 0.2) is 9.84 Å². The summed E-state index contributed by atoms with van der Waals surface area (Å²) < 4.78 is 38.1. The van der Waals surface area contributed by atoms with Gasteiger partial charge in [0, 0.05) is 49.4 Å². The van der Waals surface area contributed by atoms with Crippen LogP contribution in [0.2, 0.25) is 0 Å². The maximum Gasteiger partial charge on any atom is 0.258 e. The van der Waals surface area contributed by atoms with Gasteiger partial charge < -0.3 is 15.1 Å². The Balaban J connectivity index is 1.50. The fraction of sp³-hybridized carbons (Fsp3) is 0.222. The second-order valence-electron chi connectivity index (χ2n) is 8.82. The Morgan fingerprint density at radius 2 is 1.68 bits per heavy atom. The smallest absolute Gasteiger partial charge is 0.258 e. The highest BCUT2D eigenvalue weighted by molar-refractivity contribution is 7.90. The van der Waals surface area contributed by atoms with Gasteiger partial charge in [0.25, 0.3) is 5.91 Å². The van der Waals surface area contributed by atoms with Crippen LogP contribution in [0.5, 0.6) is 0 Å². The number of carbonyl (C=O) groups excluding carboxylic acids is 3. The van der Waals surface area contributed by atoms with E-state index in [2.05, 4.69) is 5.32 Å². The van der Waals surface area contributed by atoms with Gasteiger partial charge in [-0.2, -0.15) is 0 Å². The van der Waals surface area contributed by atoms with E-state index in [0.717, 1.165) is 12.3 Å². The van der Waals surface area contributed by atoms with E-state index in [4.69, 9.17) is 0 Å². The van der Waals surface area contributed by atoms with E-state index in [9.17, 15) is 27.2 Å². The zero-order chi connectivity index (χ0) is 27.3. The number of nitrogens with one attached hydrogen (secondary N) is 1. The molecule has 0 bridgehead atoms. The normalized spacial score (nSPS) is 13.6. The van der Waals surface area contributed by atoms with Crippen molar-refractivity contribution in [3.63, 3.8) is 0 Å². The van der Waals surface area contributed by atoms with Crippen molar-refractivity contribution in [2.24, 2.45) is 0 Å². The molecule has 0 spiro atoms. The van der Waals surface area contributed by atoms with Gasteiger partial charge in [-0.15, -0.1) is 0 Å². The summed E-state index contributed by atoms with van der Waals surface area (Å²) in [5, 5.41) is 2.52. The van der Waals surface area contributed by atoms with Gasteiger partial charge in [0.1, 0.15) is 12.4 Å². The third-order valence-corrected chi connectivity index (χ3v) is 7.36. The molecular weight excluding hydrogens is 511 g/mol. The van der Waals surface area contributed by atoms with Gasteiger partial charge >= 0.3 is 0 Å². The number of carbonyl (C=O) groups is 3. The SMILES string of the molecule is CS(=O)(=O)c1cc(F)ccc1N1CCN(C(=O)CN(C(=O)c2cccc(NC=O)c2)c2ccccc2)CC1. The fourth-order valence-corrected chi connectivity index (χ4v) is 5.24. The van der Waals surface area contributed by atoms with Crippen LogP contribution in [0.25, 0.3) is 0 Å². The van der Waals surface area contributed by atoms with Crippen LogP contribution >= 0.6 is 0 Å². The standard InChI is InChI=1S/C27H27FN4O5S/c1-38(36,37)25-17-21(28)10-11-24(25)30-12-14-31(15-13-30)26(34)18-32(23-8-3-2-4-9-23)27(35)20-6-5-7-22(16-20)29-19-33/h2-11,16-17,19H,12-15,18H2,1H3,(H,29,33). The summed E-state index contributed by atoms with van der Waals surface area (Å²) in [7, 11) is -3.65. The number of benzene rings is 3. The van der Waals surface area contributed by atoms with Gasteiger partial charge in [-0.1, -0.05) is 24.3 Å². The maximum atomic E-state index is 13.7. The van der Waals surface area contributed by atoms with Crippen LogP contribution in [-0.2, 0) is 19.4 Å². The molecule has 4 rings (SSSR count). The molecule has 1 aliphatic heterocycles. The second-order valence-corrected chi connectivity index (χ2v) is 10.8. The van der Waals surface area contributed by atoms with Gasteiger partial charge in [0.05, 0.1) is 10.6 Å². The molecule has 0 radical (unpaired) electrons. The highest BCUT2D eigenvalue weighted by Gasteiger charge is 2.28. The van der Waals surface area contributed by atoms with Gasteiger partial charge in [0.2, 0.25) is 12.3 Å². The van der Waals surface area contributed by atoms with Crippen molar-refractivity contribution in [3.05, 3.63) is 84.2 Å². The number of piperazine rings is 1. The zero-order valence-electron chi connectivity index (χ0n) is 20.7. The molecule has 38 heavy (non-hydrogen) atoms. The molecule has 1 fully saturated rings. The van der Waals surface area contributed by atoms with E-state index >= 15 is 0 Å². The van der Waals surface area contributed by atoms with Crippen LogP contribution in [0.3, 0.4) is 0 Å². The topological polar surface area (TPSA) is 107 Å². The molecule has 3 aromatic rings. The Morgan fingerprint density at radius 3 is 2.34 bits per heavy atom. The van der Waals surface area contributed by atoms with Crippen molar-refractivity contribution in [1.29, 1.82) is 0 Å². The lowest BCUT2D eigenvalue weighted by atomic mass is 10.1. The highest BCUT2D eigenvalue weighted by atomic mass is 32.2. The minimum atomic E-state index is -3.65. The summed E-state index contributed by atoms with van der Waals surface area (Å²) in [6.45, 7) is 1.08. The lowest BCUT2D eigenvalue weighted by Crippen LogP contribution is -2.52. The Morgan fingerprint density at radius 1 is 0.974 bits per heavy atom. The Kier molecular flexibility index (Phi) is 8.06. The number of nitrogens with zero attached hydrogens (tertiary/aromatic N) is 3. The van der Waals surface area contributed by atoms with Crippen LogP contribution in [0.15, 0.2) is 77.7 Å². The number of halogens is 1. The molecular formula is C27H27FN4O5S. The van der Waals surface area contributed by atoms with Gasteiger partial charge in [-0.25, -0.2) is 12.8 Å². The number of anilines is 3. The van der Waals surface area contributed by atoms with E-state index < -0.39 is 21.6 Å². The molecule has 1 heterocycles. The number of sulfone groups is 1. The average molecular weight is 539 g/mol. The van der Waals surface area contributed by atoms with Crippen LogP contribution < -0.4 is 15.1 Å². The van der Waals surface area contributed by atoms with E-state index in [1.807, 2.05) is 11.0 Å². The Labute approximate surface area is 220 Å². The Hall–Kier alpha value is -4.25. The highest BCUT2D eigenvalue weighted by Crippen LogP contribution is 2.27. The summed E-state index contributed by atoms with van der Waals surface area (Å²) >= 11 is 0. The van der Waals surface area contributed by atoms with Crippen molar-refractivity contribution in [2.75, 3.05) is 54.1 Å². The predicted octanol–water partition coefficient (Wildman–Crippen LogP) is 2.79. The summed E-state index contributed by atoms with van der Waals surface area (Å²) in [4.78, 5) is 42.3. The van der Waals surface area contributed by atoms with Crippen LogP contribution in [0, 0.1) is 5.82 Å². The molecule has 0 aromatic heterocycles. The fourth-order valence-electron chi connectivity index (χ4n) is 4.33. The number of rotatable bonds is 8. The molecule has 0 saturated carbocycles. The van der Waals surface area contributed by atoms with Crippen molar-refractivity contribution < 1.29 is 27.2 Å². The first-order valence-electron chi connectivity index (χ1n) is 11.9. The first-order chi connectivity index (χ1) is 18.2. The third-order valence-electron chi connectivity index (χ3n) is 6.24. The van der Waals surface area contributed by atoms with E-state index in [-0.39, 0.29) is 17.3 Å². The molecule has 11 heteroatoms. The summed E-state index contributed by atoms with van der Waals surface area (Å²) in [6, 6.07) is 18.9. The van der Waals surface area contributed by atoms with E-state index in [1.165, 1.54) is 23.1 Å². The lowest BCUT2D eigenvalue weighted by Gasteiger charge is -2.37. The summed E-state index contributed by atoms with van der Waals surface area (Å²) in [5.41, 5.74) is 1.70. The first kappa shape index (κ1) is 26.8. The third kappa shape index (κ3) is 6.17. The molecule has 198 valence electrons. The molecule has 3 amide bonds. The molecule has 0 unspecified atom stereocenters. The molecule has 3 aromatic carbocycles. The number of hydrogen-bond acceptors (Lipinski definition) is 6. The van der Waals surface area contributed by atoms with Crippen molar-refractivity contribution in [1.82, 2.24) is 4.90 Å². The molecule has 1 saturated heterocycles. The largest absolute Gasteiger partial charge is 0.367 e. The van der Waals surface area contributed by atoms with Gasteiger partial charge in [-0.05, 0) is 48.5 Å². The minimum absolute atomic E-state index is 0.0931. The van der Waals surface area contributed by atoms with E-state index in [0.29, 0.717) is 55.2 Å². The van der Waals surface area contributed by atoms with Crippen molar-refractivity contribution in [2.45, 2.75) is 4.90 Å². The summed E-state index contributed by atoms with van der Waals surface area (Å²) in [5.74, 6) is -1.31. The molecule has 1 aliphatic rings. The van der Waals surface area contributed by atoms with Crippen molar-refractivity contribution >= 4 is 45.1 Å². The van der Waals surface area contributed by atoms with E-state index in [1.54, 1.807) is 47.4 Å². The first-order valence-corrected chi connectivity index (χ1v) is 13.8. The number of amides is 3. The quantitative estimate of drug-likeness (QED) is 0.442. The van der Waals surface area contributed by atoms with Crippen LogP contribution in [-0.4, -0.2) is 70.5 Å². The number of hydrogen-bond donors (Lipinski definition) is 1. The van der Waals surface area contributed by atoms with Crippen molar-refractivity contribution in [3.8, 4) is 0 Å². The predicted molar refractivity (Wildman–Crippen MR) is 143 cm³/mol. The maximum absolute atomic E-state index is 13.7. The zero-order valence-corrected chi connectivity index (χ0v) is 21.5. The molecule has 0 aliphatic carbocycles. The number of para-hydroxylation sites is 1. The van der Waals surface area contributed by atoms with Crippen LogP contribution in [0.4, 0.5) is 21.5 Å². The monoisotopic (exact) mass is 538 g/mol. The summed E-state index contributed by atoms with van der Waals surface area (Å²) in [6.07, 6.45) is 1.55. The average Bonchev–Trinajstić information content (AvgIpc) is 2.91. The molecule has 9 nitrogen and oxygen atoms in total. The van der Waals surface area contributed by atoms with Crippen LogP contribution in [0.1, 0.15) is 10.4 Å². The second kappa shape index (κ2) is 11.4. The lowest BCUT2D eigenvalue weighted by molar-refractivity contribution is -0.129. The van der Waals surface area contributed by atoms with Gasteiger partial charge in [-0.3, -0.25) is 19.3 Å². The molecule has 1 N–H and O–H groups in total.